The van der Waals surface area contributed by atoms with Crippen molar-refractivity contribution in [1.82, 2.24) is 0 Å². The van der Waals surface area contributed by atoms with Crippen molar-refractivity contribution in [2.75, 3.05) is 0 Å². The largest absolute Gasteiger partial charge is 0.206 e. The van der Waals surface area contributed by atoms with E-state index in [0.29, 0.717) is 0 Å². The zero-order chi connectivity index (χ0) is 16.1. The lowest BCUT2D eigenvalue weighted by atomic mass is 10.5. The van der Waals surface area contributed by atoms with Gasteiger partial charge in [-0.25, -0.2) is 0 Å². The van der Waals surface area contributed by atoms with Gasteiger partial charge < -0.3 is 0 Å². The first-order valence-electron chi connectivity index (χ1n) is 7.96. The Bertz CT molecular complexity index is 514. The lowest BCUT2D eigenvalue weighted by Gasteiger charge is -2.32. The molecule has 0 aromatic heterocycles. The molecule has 0 bridgehead atoms. The van der Waals surface area contributed by atoms with E-state index in [1.165, 1.54) is 0 Å². The van der Waals surface area contributed by atoms with Crippen LogP contribution in [0.5, 0.6) is 0 Å². The molecule has 0 fully saturated rings. The summed E-state index contributed by atoms with van der Waals surface area (Å²) >= 11 is 7.34. The van der Waals surface area contributed by atoms with E-state index >= 15 is 0 Å². The Morgan fingerprint density at radius 1 is 0.714 bits per heavy atom. The number of hydrogen-bond donors (Lipinski definition) is 0. The second kappa shape index (κ2) is 5.52. The molecule has 0 aliphatic heterocycles. The summed E-state index contributed by atoms with van der Waals surface area (Å²) in [5.41, 5.74) is 0. The minimum atomic E-state index is -2.01. The second-order valence-corrected chi connectivity index (χ2v) is 24.1. The molecule has 0 aromatic rings. The molecule has 0 N–H and O–H groups in total. The Kier molecular flexibility index (Phi) is 4.53. The molecule has 0 unspecified atom stereocenters. The van der Waals surface area contributed by atoms with Gasteiger partial charge in [-0.3, -0.25) is 0 Å². The highest BCUT2D eigenvalue weighted by molar-refractivity contribution is 7.28. The van der Waals surface area contributed by atoms with Crippen LogP contribution in [0.3, 0.4) is 0 Å². The molecular weight excluding hydrogens is 324 g/mol. The minimum absolute atomic E-state index is 1.09. The van der Waals surface area contributed by atoms with Crippen LogP contribution >= 0.6 is 11.1 Å². The molecule has 21 heavy (non-hydrogen) atoms. The molecule has 116 valence electrons. The van der Waals surface area contributed by atoms with E-state index in [4.69, 9.17) is 11.1 Å². The van der Waals surface area contributed by atoms with E-state index in [2.05, 4.69) is 70.1 Å². The number of rotatable bonds is 4. The van der Waals surface area contributed by atoms with Gasteiger partial charge in [-0.05, 0) is 19.4 Å². The highest BCUT2D eigenvalue weighted by atomic mass is 35.6. The van der Waals surface area contributed by atoms with Gasteiger partial charge in [0.1, 0.15) is 0 Å². The van der Waals surface area contributed by atoms with Crippen molar-refractivity contribution in [3.05, 3.63) is 45.1 Å². The van der Waals surface area contributed by atoms with Gasteiger partial charge in [-0.2, -0.15) is 11.1 Å². The fourth-order valence-corrected chi connectivity index (χ4v) is 14.6. The van der Waals surface area contributed by atoms with Gasteiger partial charge in [0.15, 0.2) is 0 Å². The Balaban J connectivity index is 2.54. The molecular formula is C17H29ClSi3. The minimum Gasteiger partial charge on any atom is -0.156 e. The predicted molar refractivity (Wildman–Crippen MR) is 106 cm³/mol. The standard InChI is InChI=1S/C17H29ClSi3/c1-19(2,3)14-10-8-12-16(14)21(7,18)17-13-9-11-15(17)20(4,5)6/h8-11H,12-13H2,1-7H3. The van der Waals surface area contributed by atoms with Crippen LogP contribution in [0, 0.1) is 0 Å². The van der Waals surface area contributed by atoms with E-state index in [9.17, 15) is 0 Å². The second-order valence-electron chi connectivity index (χ2n) is 8.50. The number of hydrogen-bond acceptors (Lipinski definition) is 0. The molecule has 0 heterocycles. The van der Waals surface area contributed by atoms with Crippen molar-refractivity contribution < 1.29 is 0 Å². The summed E-state index contributed by atoms with van der Waals surface area (Å²) in [5.74, 6) is 0. The van der Waals surface area contributed by atoms with Crippen LogP contribution in [0.4, 0.5) is 0 Å². The lowest BCUT2D eigenvalue weighted by molar-refractivity contribution is 1.31. The third kappa shape index (κ3) is 3.31. The first-order chi connectivity index (χ1) is 9.45. The number of halogens is 1. The zero-order valence-corrected chi connectivity index (χ0v) is 18.4. The Hall–Kier alpha value is -0.0994. The molecule has 2 aliphatic carbocycles. The summed E-state index contributed by atoms with van der Waals surface area (Å²) in [4.78, 5) is 0. The monoisotopic (exact) mass is 352 g/mol. The normalized spacial score (nSPS) is 20.2. The fourth-order valence-electron chi connectivity index (χ4n) is 3.49. The molecule has 2 aliphatic rings. The smallest absolute Gasteiger partial charge is 0.156 e. The average molecular weight is 353 g/mol. The highest BCUT2D eigenvalue weighted by Crippen LogP contribution is 2.44. The van der Waals surface area contributed by atoms with Crippen molar-refractivity contribution in [2.45, 2.75) is 58.7 Å². The molecule has 0 atom stereocenters. The SMILES string of the molecule is C[Si](C)(C)C1=C([Si](C)(Cl)C2=C([Si](C)(C)C)C=CC2)CC=C1. The van der Waals surface area contributed by atoms with E-state index in [0.717, 1.165) is 12.8 Å². The van der Waals surface area contributed by atoms with E-state index in [-0.39, 0.29) is 0 Å². The fraction of sp³-hybridized carbons (Fsp3) is 0.529. The van der Waals surface area contributed by atoms with Crippen molar-refractivity contribution in [2.24, 2.45) is 0 Å². The van der Waals surface area contributed by atoms with Gasteiger partial charge in [0, 0.05) is 0 Å². The van der Waals surface area contributed by atoms with Gasteiger partial charge in [0.2, 0.25) is 7.38 Å². The molecule has 0 amide bonds. The van der Waals surface area contributed by atoms with Crippen molar-refractivity contribution in [3.63, 3.8) is 0 Å². The zero-order valence-electron chi connectivity index (χ0n) is 14.6. The van der Waals surface area contributed by atoms with Gasteiger partial charge in [0.25, 0.3) is 0 Å². The van der Waals surface area contributed by atoms with Crippen LogP contribution in [0.25, 0.3) is 0 Å². The molecule has 0 nitrogen and oxygen atoms in total. The summed E-state index contributed by atoms with van der Waals surface area (Å²) in [5, 5.41) is 6.47. The molecule has 0 radical (unpaired) electrons. The van der Waals surface area contributed by atoms with Crippen LogP contribution in [0.1, 0.15) is 12.8 Å². The van der Waals surface area contributed by atoms with Crippen molar-refractivity contribution in [3.8, 4) is 0 Å². The van der Waals surface area contributed by atoms with E-state index in [1.807, 2.05) is 0 Å². The lowest BCUT2D eigenvalue weighted by Crippen LogP contribution is -2.37. The molecule has 0 saturated carbocycles. The average Bonchev–Trinajstić information content (AvgIpc) is 2.97. The van der Waals surface area contributed by atoms with Crippen molar-refractivity contribution in [1.29, 1.82) is 0 Å². The summed E-state index contributed by atoms with van der Waals surface area (Å²) in [6.45, 7) is 17.0. The van der Waals surface area contributed by atoms with Gasteiger partial charge >= 0.3 is 0 Å². The predicted octanol–water partition coefficient (Wildman–Crippen LogP) is 6.15. The van der Waals surface area contributed by atoms with Crippen LogP contribution < -0.4 is 0 Å². The molecule has 4 heteroatoms. The third-order valence-electron chi connectivity index (χ3n) is 4.61. The maximum atomic E-state index is 7.34. The van der Waals surface area contributed by atoms with Crippen LogP contribution in [-0.4, -0.2) is 23.5 Å². The first-order valence-corrected chi connectivity index (χ1v) is 18.5. The molecule has 0 aromatic carbocycles. The Morgan fingerprint density at radius 3 is 1.33 bits per heavy atom. The highest BCUT2D eigenvalue weighted by Gasteiger charge is 2.42. The Morgan fingerprint density at radius 2 is 1.05 bits per heavy atom. The molecule has 0 spiro atoms. The number of allylic oxidation sites excluding steroid dienone is 8. The van der Waals surface area contributed by atoms with Crippen LogP contribution in [0.2, 0.25) is 45.8 Å². The maximum absolute atomic E-state index is 7.34. The molecule has 2 rings (SSSR count). The van der Waals surface area contributed by atoms with E-state index in [1.54, 1.807) is 20.8 Å². The van der Waals surface area contributed by atoms with Crippen LogP contribution in [0.15, 0.2) is 45.1 Å². The summed E-state index contributed by atoms with van der Waals surface area (Å²) in [6, 6.07) is 0. The molecule has 0 saturated heterocycles. The quantitative estimate of drug-likeness (QED) is 0.420. The summed E-state index contributed by atoms with van der Waals surface area (Å²) in [7, 11) is -4.62. The third-order valence-corrected chi connectivity index (χ3v) is 13.9. The van der Waals surface area contributed by atoms with Gasteiger partial charge in [-0.15, -0.1) is 0 Å². The van der Waals surface area contributed by atoms with Crippen LogP contribution in [-0.2, 0) is 0 Å². The van der Waals surface area contributed by atoms with Crippen molar-refractivity contribution >= 4 is 34.6 Å². The van der Waals surface area contributed by atoms with E-state index < -0.39 is 23.5 Å². The topological polar surface area (TPSA) is 0 Å². The van der Waals surface area contributed by atoms with Gasteiger partial charge in [-0.1, -0.05) is 84.4 Å². The van der Waals surface area contributed by atoms with Gasteiger partial charge in [0.05, 0.1) is 16.1 Å². The maximum Gasteiger partial charge on any atom is 0.206 e. The Labute approximate surface area is 138 Å². The summed E-state index contributed by atoms with van der Waals surface area (Å²) in [6.07, 6.45) is 11.6. The summed E-state index contributed by atoms with van der Waals surface area (Å²) < 4.78 is 0. The first kappa shape index (κ1) is 17.3.